The molecule has 0 aliphatic heterocycles. The zero-order chi connectivity index (χ0) is 21.2. The molecule has 1 aromatic carbocycles. The van der Waals surface area contributed by atoms with E-state index >= 15 is 0 Å². The lowest BCUT2D eigenvalue weighted by Crippen LogP contribution is -2.47. The molecule has 1 aliphatic rings. The second-order valence-corrected chi connectivity index (χ2v) is 9.74. The maximum Gasteiger partial charge on any atom is 0.270 e. The van der Waals surface area contributed by atoms with Crippen LogP contribution < -0.4 is 9.62 Å². The van der Waals surface area contributed by atoms with Crippen LogP contribution >= 0.6 is 0 Å². The van der Waals surface area contributed by atoms with Gasteiger partial charge in [-0.25, -0.2) is 8.42 Å². The summed E-state index contributed by atoms with van der Waals surface area (Å²) < 4.78 is 33.1. The van der Waals surface area contributed by atoms with Crippen LogP contribution in [-0.2, 0) is 14.8 Å². The van der Waals surface area contributed by atoms with Gasteiger partial charge in [-0.1, -0.05) is 42.6 Å². The Balaban J connectivity index is 1.91. The van der Waals surface area contributed by atoms with Gasteiger partial charge in [0, 0.05) is 6.04 Å². The van der Waals surface area contributed by atoms with Gasteiger partial charge in [0.1, 0.15) is 12.2 Å². The van der Waals surface area contributed by atoms with Gasteiger partial charge >= 0.3 is 0 Å². The number of aryl methyl sites for hydroxylation is 3. The fraction of sp³-hybridized carbons (Fsp3) is 0.524. The zero-order valence-electron chi connectivity index (χ0n) is 17.4. The molecule has 1 heterocycles. The summed E-state index contributed by atoms with van der Waals surface area (Å²) in [5.41, 5.74) is 1.72. The first-order valence-corrected chi connectivity index (χ1v) is 11.5. The first-order valence-electron chi connectivity index (χ1n) is 10.0. The molecule has 1 fully saturated rings. The zero-order valence-corrected chi connectivity index (χ0v) is 18.3. The molecule has 0 unspecified atom stereocenters. The highest BCUT2D eigenvalue weighted by Gasteiger charge is 2.33. The first kappa shape index (κ1) is 21.4. The molecule has 1 N–H and O–H groups in total. The van der Waals surface area contributed by atoms with Gasteiger partial charge in [-0.05, 0) is 51.7 Å². The summed E-state index contributed by atoms with van der Waals surface area (Å²) >= 11 is 0. The second-order valence-electron chi connectivity index (χ2n) is 7.94. The summed E-state index contributed by atoms with van der Waals surface area (Å²) in [6, 6.07) is 7.15. The Morgan fingerprint density at radius 2 is 1.83 bits per heavy atom. The minimum atomic E-state index is -4.02. The first-order chi connectivity index (χ1) is 13.7. The number of hydrogen-bond donors (Lipinski definition) is 1. The molecule has 158 valence electrons. The lowest BCUT2D eigenvalue weighted by molar-refractivity contribution is -0.120. The molecule has 1 amide bonds. The molecule has 0 bridgehead atoms. The number of anilines is 1. The average Bonchev–Trinajstić information content (AvgIpc) is 3.01. The molecule has 1 aliphatic carbocycles. The summed E-state index contributed by atoms with van der Waals surface area (Å²) in [5.74, 6) is 0.292. The standard InChI is InChI=1S/C21H29N3O4S/c1-14-9-11-18(12-10-14)24(29(26,27)21-16(3)23-28-17(21)4)13-20(25)22-19-8-6-5-7-15(19)2/h9-12,15,19H,5-8,13H2,1-4H3,(H,22,25)/t15-,19+/m1/s1. The van der Waals surface area contributed by atoms with E-state index in [0.717, 1.165) is 29.1 Å². The van der Waals surface area contributed by atoms with Crippen LogP contribution in [0.3, 0.4) is 0 Å². The van der Waals surface area contributed by atoms with Crippen molar-refractivity contribution in [2.24, 2.45) is 5.92 Å². The molecule has 2 aromatic rings. The summed E-state index contributed by atoms with van der Waals surface area (Å²) in [7, 11) is -4.02. The van der Waals surface area contributed by atoms with Crippen molar-refractivity contribution < 1.29 is 17.7 Å². The van der Waals surface area contributed by atoms with Crippen molar-refractivity contribution >= 4 is 21.6 Å². The van der Waals surface area contributed by atoms with Crippen LogP contribution in [0.5, 0.6) is 0 Å². The Hall–Kier alpha value is -2.35. The van der Waals surface area contributed by atoms with Crippen LogP contribution in [0.1, 0.15) is 49.6 Å². The molecule has 0 saturated heterocycles. The summed E-state index contributed by atoms with van der Waals surface area (Å²) in [4.78, 5) is 12.8. The highest BCUT2D eigenvalue weighted by Crippen LogP contribution is 2.28. The van der Waals surface area contributed by atoms with Crippen molar-refractivity contribution in [2.75, 3.05) is 10.8 Å². The highest BCUT2D eigenvalue weighted by atomic mass is 32.2. The predicted molar refractivity (Wildman–Crippen MR) is 111 cm³/mol. The monoisotopic (exact) mass is 419 g/mol. The van der Waals surface area contributed by atoms with E-state index in [2.05, 4.69) is 17.4 Å². The van der Waals surface area contributed by atoms with E-state index in [1.165, 1.54) is 6.42 Å². The van der Waals surface area contributed by atoms with Crippen LogP contribution in [0, 0.1) is 26.7 Å². The lowest BCUT2D eigenvalue weighted by Gasteiger charge is -2.31. The molecule has 0 spiro atoms. The fourth-order valence-corrected chi connectivity index (χ4v) is 5.61. The van der Waals surface area contributed by atoms with E-state index in [-0.39, 0.29) is 34.8 Å². The van der Waals surface area contributed by atoms with E-state index in [9.17, 15) is 13.2 Å². The maximum absolute atomic E-state index is 13.5. The summed E-state index contributed by atoms with van der Waals surface area (Å²) in [6.45, 7) is 6.90. The van der Waals surface area contributed by atoms with Crippen LogP contribution in [0.25, 0.3) is 0 Å². The predicted octanol–water partition coefficient (Wildman–Crippen LogP) is 3.49. The van der Waals surface area contributed by atoms with Crippen molar-refractivity contribution in [1.29, 1.82) is 0 Å². The van der Waals surface area contributed by atoms with Crippen molar-refractivity contribution in [1.82, 2.24) is 10.5 Å². The van der Waals surface area contributed by atoms with E-state index in [0.29, 0.717) is 11.6 Å². The average molecular weight is 420 g/mol. The van der Waals surface area contributed by atoms with Gasteiger partial charge < -0.3 is 9.84 Å². The van der Waals surface area contributed by atoms with E-state index in [1.807, 2.05) is 19.1 Å². The van der Waals surface area contributed by atoms with Gasteiger partial charge in [0.2, 0.25) is 5.91 Å². The Bertz CT molecular complexity index is 947. The Kier molecular flexibility index (Phi) is 6.31. The Morgan fingerprint density at radius 1 is 1.17 bits per heavy atom. The molecule has 3 rings (SSSR count). The molecule has 29 heavy (non-hydrogen) atoms. The SMILES string of the molecule is Cc1ccc(N(CC(=O)N[C@H]2CCCC[C@H]2C)S(=O)(=O)c2c(C)noc2C)cc1. The van der Waals surface area contributed by atoms with Gasteiger partial charge in [-0.15, -0.1) is 0 Å². The topological polar surface area (TPSA) is 92.5 Å². The van der Waals surface area contributed by atoms with Gasteiger partial charge in [0.15, 0.2) is 10.7 Å². The molecule has 7 nitrogen and oxygen atoms in total. The number of sulfonamides is 1. The number of hydrogen-bond acceptors (Lipinski definition) is 5. The Labute approximate surface area is 172 Å². The molecule has 1 aromatic heterocycles. The lowest BCUT2D eigenvalue weighted by atomic mass is 9.86. The number of rotatable bonds is 6. The maximum atomic E-state index is 13.5. The van der Waals surface area contributed by atoms with Crippen molar-refractivity contribution in [2.45, 2.75) is 64.3 Å². The second kappa shape index (κ2) is 8.57. The van der Waals surface area contributed by atoms with Crippen LogP contribution in [-0.4, -0.2) is 32.1 Å². The highest BCUT2D eigenvalue weighted by molar-refractivity contribution is 7.93. The van der Waals surface area contributed by atoms with Crippen LogP contribution in [0.2, 0.25) is 0 Å². The smallest absolute Gasteiger partial charge is 0.270 e. The molecule has 0 radical (unpaired) electrons. The van der Waals surface area contributed by atoms with Gasteiger partial charge in [-0.3, -0.25) is 9.10 Å². The third kappa shape index (κ3) is 4.63. The number of aromatic nitrogens is 1. The molecular weight excluding hydrogens is 390 g/mol. The largest absolute Gasteiger partial charge is 0.360 e. The van der Waals surface area contributed by atoms with Crippen LogP contribution in [0.15, 0.2) is 33.7 Å². The van der Waals surface area contributed by atoms with Crippen molar-refractivity contribution in [3.05, 3.63) is 41.3 Å². The van der Waals surface area contributed by atoms with Gasteiger partial charge in [0.25, 0.3) is 10.0 Å². The van der Waals surface area contributed by atoms with E-state index in [1.54, 1.807) is 26.0 Å². The summed E-state index contributed by atoms with van der Waals surface area (Å²) in [6.07, 6.45) is 4.25. The fourth-order valence-electron chi connectivity index (χ4n) is 3.89. The minimum Gasteiger partial charge on any atom is -0.360 e. The quantitative estimate of drug-likeness (QED) is 0.774. The number of amides is 1. The number of nitrogens with zero attached hydrogens (tertiary/aromatic N) is 2. The van der Waals surface area contributed by atoms with E-state index in [4.69, 9.17) is 4.52 Å². The van der Waals surface area contributed by atoms with Crippen LogP contribution in [0.4, 0.5) is 5.69 Å². The normalized spacial score (nSPS) is 19.7. The van der Waals surface area contributed by atoms with Gasteiger partial charge in [0.05, 0.1) is 5.69 Å². The van der Waals surface area contributed by atoms with E-state index < -0.39 is 10.0 Å². The third-order valence-electron chi connectivity index (χ3n) is 5.58. The summed E-state index contributed by atoms with van der Waals surface area (Å²) in [5, 5.41) is 6.82. The number of carbonyl (C=O) groups is 1. The number of nitrogens with one attached hydrogen (secondary N) is 1. The molecular formula is C21H29N3O4S. The Morgan fingerprint density at radius 3 is 2.41 bits per heavy atom. The number of benzene rings is 1. The number of carbonyl (C=O) groups excluding carboxylic acids is 1. The molecule has 8 heteroatoms. The van der Waals surface area contributed by atoms with Crippen molar-refractivity contribution in [3.8, 4) is 0 Å². The van der Waals surface area contributed by atoms with Gasteiger partial charge in [-0.2, -0.15) is 0 Å². The molecule has 2 atom stereocenters. The minimum absolute atomic E-state index is 0.0110. The van der Waals surface area contributed by atoms with Crippen molar-refractivity contribution in [3.63, 3.8) is 0 Å². The third-order valence-corrected chi connectivity index (χ3v) is 7.60. The molecule has 1 saturated carbocycles.